The number of halogens is 1. The van der Waals surface area contributed by atoms with Crippen LogP contribution in [0.25, 0.3) is 0 Å². The zero-order chi connectivity index (χ0) is 16.2. The molecule has 1 rings (SSSR count). The second-order valence-corrected chi connectivity index (χ2v) is 7.74. The summed E-state index contributed by atoms with van der Waals surface area (Å²) in [5.74, 6) is -0.561. The maximum atomic E-state index is 11.9. The standard InChI is InChI=1S/C13H20ClN3O3S/c1-17(2)12-5-4-9(8-10(12)14)16-13(18)11(15)6-7-21(3,19)20/h4-5,8,11H,6-7,15H2,1-3H3,(H,16,18). The molecule has 118 valence electrons. The first kappa shape index (κ1) is 17.7. The van der Waals surface area contributed by atoms with Crippen molar-refractivity contribution in [3.8, 4) is 0 Å². The van der Waals surface area contributed by atoms with Gasteiger partial charge in [-0.3, -0.25) is 4.79 Å². The van der Waals surface area contributed by atoms with Crippen LogP contribution in [0, 0.1) is 0 Å². The van der Waals surface area contributed by atoms with Gasteiger partial charge in [0.15, 0.2) is 0 Å². The van der Waals surface area contributed by atoms with Gasteiger partial charge in [0, 0.05) is 26.0 Å². The van der Waals surface area contributed by atoms with Crippen LogP contribution in [-0.2, 0) is 14.6 Å². The summed E-state index contributed by atoms with van der Waals surface area (Å²) < 4.78 is 22.1. The molecule has 1 aromatic carbocycles. The molecule has 0 bridgehead atoms. The van der Waals surface area contributed by atoms with Gasteiger partial charge in [-0.25, -0.2) is 8.42 Å². The van der Waals surface area contributed by atoms with Gasteiger partial charge in [-0.05, 0) is 24.6 Å². The number of benzene rings is 1. The summed E-state index contributed by atoms with van der Waals surface area (Å²) in [4.78, 5) is 13.7. The number of hydrogen-bond donors (Lipinski definition) is 2. The molecule has 0 fully saturated rings. The summed E-state index contributed by atoms with van der Waals surface area (Å²) >= 11 is 6.10. The number of sulfone groups is 1. The van der Waals surface area contributed by atoms with Crippen LogP contribution in [0.4, 0.5) is 11.4 Å². The number of nitrogens with two attached hydrogens (primary N) is 1. The highest BCUT2D eigenvalue weighted by Crippen LogP contribution is 2.27. The minimum Gasteiger partial charge on any atom is -0.376 e. The smallest absolute Gasteiger partial charge is 0.241 e. The molecule has 3 N–H and O–H groups in total. The molecule has 1 unspecified atom stereocenters. The van der Waals surface area contributed by atoms with Crippen molar-refractivity contribution < 1.29 is 13.2 Å². The van der Waals surface area contributed by atoms with Gasteiger partial charge in [0.2, 0.25) is 5.91 Å². The monoisotopic (exact) mass is 333 g/mol. The molecule has 0 aliphatic rings. The van der Waals surface area contributed by atoms with Crippen molar-refractivity contribution in [1.29, 1.82) is 0 Å². The first-order valence-electron chi connectivity index (χ1n) is 6.31. The van der Waals surface area contributed by atoms with Gasteiger partial charge >= 0.3 is 0 Å². The van der Waals surface area contributed by atoms with E-state index >= 15 is 0 Å². The Morgan fingerprint density at radius 1 is 1.43 bits per heavy atom. The topological polar surface area (TPSA) is 92.5 Å². The number of carbonyl (C=O) groups excluding carboxylic acids is 1. The summed E-state index contributed by atoms with van der Waals surface area (Å²) in [5.41, 5.74) is 7.02. The Balaban J connectivity index is 2.68. The van der Waals surface area contributed by atoms with E-state index in [9.17, 15) is 13.2 Å². The number of anilines is 2. The van der Waals surface area contributed by atoms with Gasteiger partial charge in [0.1, 0.15) is 9.84 Å². The highest BCUT2D eigenvalue weighted by atomic mass is 35.5. The quantitative estimate of drug-likeness (QED) is 0.813. The summed E-state index contributed by atoms with van der Waals surface area (Å²) in [7, 11) is 0.589. The highest BCUT2D eigenvalue weighted by Gasteiger charge is 2.16. The van der Waals surface area contributed by atoms with E-state index in [1.54, 1.807) is 18.2 Å². The zero-order valence-corrected chi connectivity index (χ0v) is 13.8. The fourth-order valence-electron chi connectivity index (χ4n) is 1.65. The predicted molar refractivity (Wildman–Crippen MR) is 86.7 cm³/mol. The molecule has 1 amide bonds. The molecule has 0 aromatic heterocycles. The lowest BCUT2D eigenvalue weighted by Gasteiger charge is -2.16. The van der Waals surface area contributed by atoms with Gasteiger partial charge in [0.05, 0.1) is 22.5 Å². The van der Waals surface area contributed by atoms with Crippen LogP contribution in [0.5, 0.6) is 0 Å². The van der Waals surface area contributed by atoms with Crippen molar-refractivity contribution >= 4 is 38.7 Å². The number of hydrogen-bond acceptors (Lipinski definition) is 5. The molecule has 0 heterocycles. The van der Waals surface area contributed by atoms with E-state index in [1.807, 2.05) is 19.0 Å². The molecule has 0 saturated heterocycles. The maximum absolute atomic E-state index is 11.9. The number of carbonyl (C=O) groups is 1. The Hall–Kier alpha value is -1.31. The zero-order valence-electron chi connectivity index (χ0n) is 12.3. The molecule has 1 aromatic rings. The molecule has 1 atom stereocenters. The lowest BCUT2D eigenvalue weighted by atomic mass is 10.2. The lowest BCUT2D eigenvalue weighted by Crippen LogP contribution is -2.37. The summed E-state index contributed by atoms with van der Waals surface area (Å²) in [6.07, 6.45) is 1.19. The highest BCUT2D eigenvalue weighted by molar-refractivity contribution is 7.90. The fraction of sp³-hybridized carbons (Fsp3) is 0.462. The van der Waals surface area contributed by atoms with Crippen LogP contribution >= 0.6 is 11.6 Å². The van der Waals surface area contributed by atoms with E-state index in [-0.39, 0.29) is 12.2 Å². The van der Waals surface area contributed by atoms with Crippen LogP contribution < -0.4 is 16.0 Å². The Bertz CT molecular complexity index is 617. The third kappa shape index (κ3) is 5.91. The molecular formula is C13H20ClN3O3S. The average molecular weight is 334 g/mol. The van der Waals surface area contributed by atoms with Crippen molar-refractivity contribution in [2.45, 2.75) is 12.5 Å². The number of nitrogens with zero attached hydrogens (tertiary/aromatic N) is 1. The van der Waals surface area contributed by atoms with E-state index in [0.29, 0.717) is 10.7 Å². The Labute approximate surface area is 130 Å². The van der Waals surface area contributed by atoms with E-state index in [1.165, 1.54) is 0 Å². The molecule has 0 radical (unpaired) electrons. The maximum Gasteiger partial charge on any atom is 0.241 e. The first-order valence-corrected chi connectivity index (χ1v) is 8.75. The predicted octanol–water partition coefficient (Wildman–Crippen LogP) is 1.11. The Morgan fingerprint density at radius 2 is 2.05 bits per heavy atom. The minimum atomic E-state index is -3.13. The van der Waals surface area contributed by atoms with Crippen molar-refractivity contribution in [3.05, 3.63) is 23.2 Å². The molecule has 0 aliphatic carbocycles. The molecule has 0 aliphatic heterocycles. The minimum absolute atomic E-state index is 0.0776. The van der Waals surface area contributed by atoms with E-state index < -0.39 is 21.8 Å². The third-order valence-corrected chi connectivity index (χ3v) is 4.11. The van der Waals surface area contributed by atoms with E-state index in [0.717, 1.165) is 11.9 Å². The Morgan fingerprint density at radius 3 is 2.52 bits per heavy atom. The second kappa shape index (κ2) is 7.11. The second-order valence-electron chi connectivity index (χ2n) is 5.07. The van der Waals surface area contributed by atoms with Crippen LogP contribution in [0.3, 0.4) is 0 Å². The molecule has 21 heavy (non-hydrogen) atoms. The van der Waals surface area contributed by atoms with Gasteiger partial charge in [-0.1, -0.05) is 11.6 Å². The van der Waals surface area contributed by atoms with Gasteiger partial charge < -0.3 is 16.0 Å². The normalized spacial score (nSPS) is 12.8. The first-order chi connectivity index (χ1) is 9.60. The van der Waals surface area contributed by atoms with Crippen LogP contribution in [0.15, 0.2) is 18.2 Å². The Kier molecular flexibility index (Phi) is 6.00. The van der Waals surface area contributed by atoms with Crippen LogP contribution in [0.1, 0.15) is 6.42 Å². The van der Waals surface area contributed by atoms with Gasteiger partial charge in [-0.15, -0.1) is 0 Å². The number of amides is 1. The van der Waals surface area contributed by atoms with Gasteiger partial charge in [0.25, 0.3) is 0 Å². The summed E-state index contributed by atoms with van der Waals surface area (Å²) in [5, 5.41) is 3.13. The van der Waals surface area contributed by atoms with Crippen molar-refractivity contribution in [2.24, 2.45) is 5.73 Å². The SMILES string of the molecule is CN(C)c1ccc(NC(=O)C(N)CCS(C)(=O)=O)cc1Cl. The fourth-order valence-corrected chi connectivity index (χ4v) is 2.69. The third-order valence-electron chi connectivity index (χ3n) is 2.83. The van der Waals surface area contributed by atoms with Crippen LogP contribution in [0.2, 0.25) is 5.02 Å². The van der Waals surface area contributed by atoms with Crippen LogP contribution in [-0.4, -0.2) is 46.5 Å². The number of nitrogens with one attached hydrogen (secondary N) is 1. The van der Waals surface area contributed by atoms with Crippen molar-refractivity contribution in [1.82, 2.24) is 0 Å². The largest absolute Gasteiger partial charge is 0.376 e. The summed E-state index contributed by atoms with van der Waals surface area (Å²) in [6, 6.07) is 4.23. The molecular weight excluding hydrogens is 314 g/mol. The van der Waals surface area contributed by atoms with E-state index in [2.05, 4.69) is 5.32 Å². The lowest BCUT2D eigenvalue weighted by molar-refractivity contribution is -0.117. The van der Waals surface area contributed by atoms with Crippen molar-refractivity contribution in [3.63, 3.8) is 0 Å². The van der Waals surface area contributed by atoms with E-state index in [4.69, 9.17) is 17.3 Å². The number of rotatable bonds is 6. The molecule has 8 heteroatoms. The van der Waals surface area contributed by atoms with Crippen molar-refractivity contribution in [2.75, 3.05) is 36.3 Å². The van der Waals surface area contributed by atoms with Gasteiger partial charge in [-0.2, -0.15) is 0 Å². The molecule has 0 spiro atoms. The summed E-state index contributed by atoms with van der Waals surface area (Å²) in [6.45, 7) is 0. The molecule has 0 saturated carbocycles. The average Bonchev–Trinajstić information content (AvgIpc) is 2.34. The molecule has 6 nitrogen and oxygen atoms in total.